The summed E-state index contributed by atoms with van der Waals surface area (Å²) in [6.07, 6.45) is 4.25. The zero-order valence-electron chi connectivity index (χ0n) is 9.32. The molecule has 2 bridgehead atoms. The smallest absolute Gasteiger partial charge is 0.146 e. The van der Waals surface area contributed by atoms with Crippen LogP contribution >= 0.6 is 22.2 Å². The Hall–Kier alpha value is 0.797. The zero-order valence-corrected chi connectivity index (χ0v) is 11.8. The molecule has 0 saturated heterocycles. The van der Waals surface area contributed by atoms with E-state index in [0.29, 0.717) is 5.41 Å². The van der Waals surface area contributed by atoms with Crippen molar-refractivity contribution in [1.82, 2.24) is 0 Å². The maximum atomic E-state index is 6.25. The minimum Gasteiger partial charge on any atom is -0.146 e. The topological polar surface area (TPSA) is 0 Å². The lowest BCUT2D eigenvalue weighted by Gasteiger charge is -2.28. The quantitative estimate of drug-likeness (QED) is 0.496. The second kappa shape index (κ2) is 3.40. The number of rotatable bonds is 2. The average Bonchev–Trinajstić information content (AvgIpc) is 2.36. The van der Waals surface area contributed by atoms with Gasteiger partial charge in [0.25, 0.3) is 0 Å². The summed E-state index contributed by atoms with van der Waals surface area (Å²) in [7, 11) is 0. The van der Waals surface area contributed by atoms with Gasteiger partial charge in [-0.3, -0.25) is 0 Å². The Morgan fingerprint density at radius 2 is 1.93 bits per heavy atom. The Morgan fingerprint density at radius 1 is 1.29 bits per heavy atom. The molecule has 0 heterocycles. The number of fused-ring (bicyclic) bond motifs is 2. The SMILES string of the molecule is CC1(C)[C@H]2CC[C@@H]1[C@H](C[Si](C)(Cl)Cl)C2. The standard InChI is InChI=1S/C11H20Cl2Si/c1-11(2)9-4-5-10(11)8(6-9)7-14(3,12)13/h8-10H,4-7H2,1-3H3/t8-,9-,10+/m0/s1. The van der Waals surface area contributed by atoms with E-state index in [-0.39, 0.29) is 0 Å². The van der Waals surface area contributed by atoms with Gasteiger partial charge in [0.15, 0.2) is 0 Å². The van der Waals surface area contributed by atoms with E-state index < -0.39 is 6.69 Å². The molecule has 2 aliphatic rings. The van der Waals surface area contributed by atoms with Gasteiger partial charge in [-0.2, -0.15) is 0 Å². The second-order valence-electron chi connectivity index (χ2n) is 5.97. The number of hydrogen-bond acceptors (Lipinski definition) is 0. The molecule has 14 heavy (non-hydrogen) atoms. The molecule has 0 radical (unpaired) electrons. The van der Waals surface area contributed by atoms with Gasteiger partial charge in [-0.25, -0.2) is 0 Å². The third-order valence-corrected chi connectivity index (χ3v) is 6.78. The maximum absolute atomic E-state index is 6.25. The molecule has 2 rings (SSSR count). The molecular formula is C11H20Cl2Si. The van der Waals surface area contributed by atoms with Gasteiger partial charge in [0.05, 0.1) is 0 Å². The summed E-state index contributed by atoms with van der Waals surface area (Å²) in [6.45, 7) is 5.07. The molecular weight excluding hydrogens is 231 g/mol. The molecule has 0 unspecified atom stereocenters. The first-order valence-electron chi connectivity index (χ1n) is 5.68. The van der Waals surface area contributed by atoms with Crippen molar-refractivity contribution in [2.45, 2.75) is 45.7 Å². The van der Waals surface area contributed by atoms with Crippen molar-refractivity contribution in [1.29, 1.82) is 0 Å². The fourth-order valence-electron chi connectivity index (χ4n) is 3.91. The largest absolute Gasteiger partial charge is 0.248 e. The number of halogens is 2. The van der Waals surface area contributed by atoms with Crippen LogP contribution in [0.5, 0.6) is 0 Å². The first-order valence-corrected chi connectivity index (χ1v) is 10.4. The van der Waals surface area contributed by atoms with Gasteiger partial charge in [-0.15, -0.1) is 22.2 Å². The Morgan fingerprint density at radius 3 is 2.29 bits per heavy atom. The monoisotopic (exact) mass is 250 g/mol. The van der Waals surface area contributed by atoms with E-state index >= 15 is 0 Å². The highest BCUT2D eigenvalue weighted by Crippen LogP contribution is 2.62. The molecule has 2 aliphatic carbocycles. The first kappa shape index (κ1) is 11.3. The second-order valence-corrected chi connectivity index (χ2v) is 14.1. The third kappa shape index (κ3) is 1.88. The molecule has 0 aromatic rings. The fourth-order valence-corrected chi connectivity index (χ4v) is 6.47. The van der Waals surface area contributed by atoms with E-state index in [4.69, 9.17) is 22.2 Å². The van der Waals surface area contributed by atoms with Crippen LogP contribution in [0.25, 0.3) is 0 Å². The normalized spacial score (nSPS) is 40.5. The summed E-state index contributed by atoms with van der Waals surface area (Å²) in [6, 6.07) is 1.11. The maximum Gasteiger partial charge on any atom is 0.248 e. The Labute approximate surface area is 97.8 Å². The predicted octanol–water partition coefficient (Wildman–Crippen LogP) is 4.61. The highest BCUT2D eigenvalue weighted by molar-refractivity contribution is 7.44. The predicted molar refractivity (Wildman–Crippen MR) is 66.2 cm³/mol. The van der Waals surface area contributed by atoms with Crippen molar-refractivity contribution in [2.75, 3.05) is 0 Å². The van der Waals surface area contributed by atoms with Gasteiger partial charge in [0, 0.05) is 0 Å². The van der Waals surface area contributed by atoms with Gasteiger partial charge in [0.1, 0.15) is 0 Å². The molecule has 0 amide bonds. The molecule has 0 spiro atoms. The van der Waals surface area contributed by atoms with Crippen molar-refractivity contribution in [2.24, 2.45) is 23.2 Å². The number of hydrogen-bond donors (Lipinski definition) is 0. The lowest BCUT2D eigenvalue weighted by atomic mass is 9.80. The van der Waals surface area contributed by atoms with E-state index in [9.17, 15) is 0 Å². The molecule has 2 saturated carbocycles. The summed E-state index contributed by atoms with van der Waals surface area (Å²) in [5.74, 6) is 2.68. The Bertz CT molecular complexity index is 232. The summed E-state index contributed by atoms with van der Waals surface area (Å²) in [5.41, 5.74) is 0.568. The lowest BCUT2D eigenvalue weighted by Crippen LogP contribution is -2.25. The van der Waals surface area contributed by atoms with Crippen LogP contribution in [0.4, 0.5) is 0 Å². The van der Waals surface area contributed by atoms with Crippen LogP contribution < -0.4 is 0 Å². The van der Waals surface area contributed by atoms with Crippen molar-refractivity contribution in [3.8, 4) is 0 Å². The highest BCUT2D eigenvalue weighted by Gasteiger charge is 2.54. The van der Waals surface area contributed by atoms with Crippen LogP contribution in [-0.4, -0.2) is 6.69 Å². The molecule has 0 aromatic carbocycles. The average molecular weight is 251 g/mol. The van der Waals surface area contributed by atoms with Crippen molar-refractivity contribution in [3.05, 3.63) is 0 Å². The van der Waals surface area contributed by atoms with Crippen LogP contribution in [0.1, 0.15) is 33.1 Å². The Balaban J connectivity index is 2.06. The van der Waals surface area contributed by atoms with Gasteiger partial charge in [-0.05, 0) is 55.0 Å². The van der Waals surface area contributed by atoms with Gasteiger partial charge in [0.2, 0.25) is 6.69 Å². The third-order valence-electron chi connectivity index (χ3n) is 4.61. The first-order chi connectivity index (χ1) is 6.31. The molecule has 82 valence electrons. The van der Waals surface area contributed by atoms with Crippen LogP contribution in [-0.2, 0) is 0 Å². The van der Waals surface area contributed by atoms with Crippen LogP contribution in [0.2, 0.25) is 12.6 Å². The lowest BCUT2D eigenvalue weighted by molar-refractivity contribution is 0.241. The summed E-state index contributed by atoms with van der Waals surface area (Å²) in [4.78, 5) is 0. The molecule has 0 aliphatic heterocycles. The molecule has 0 nitrogen and oxygen atoms in total. The Kier molecular flexibility index (Phi) is 2.74. The molecule has 3 heteroatoms. The van der Waals surface area contributed by atoms with Gasteiger partial charge in [-0.1, -0.05) is 13.8 Å². The van der Waals surface area contributed by atoms with Crippen molar-refractivity contribution >= 4 is 28.9 Å². The highest BCUT2D eigenvalue weighted by atomic mass is 35.7. The van der Waals surface area contributed by atoms with E-state index in [1.165, 1.54) is 19.3 Å². The molecule has 0 N–H and O–H groups in total. The van der Waals surface area contributed by atoms with E-state index in [0.717, 1.165) is 23.8 Å². The van der Waals surface area contributed by atoms with Crippen LogP contribution in [0, 0.1) is 23.2 Å². The van der Waals surface area contributed by atoms with E-state index in [1.54, 1.807) is 0 Å². The van der Waals surface area contributed by atoms with Crippen molar-refractivity contribution in [3.63, 3.8) is 0 Å². The zero-order chi connectivity index (χ0) is 10.6. The summed E-state index contributed by atoms with van der Waals surface area (Å²) >= 11 is 12.5. The molecule has 2 fully saturated rings. The van der Waals surface area contributed by atoms with Crippen molar-refractivity contribution < 1.29 is 0 Å². The molecule has 0 aromatic heterocycles. The fraction of sp³-hybridized carbons (Fsp3) is 1.00. The van der Waals surface area contributed by atoms with E-state index in [1.807, 2.05) is 0 Å². The molecule has 3 atom stereocenters. The van der Waals surface area contributed by atoms with Gasteiger partial charge < -0.3 is 0 Å². The van der Waals surface area contributed by atoms with E-state index in [2.05, 4.69) is 20.4 Å². The minimum absolute atomic E-state index is 0.568. The summed E-state index contributed by atoms with van der Waals surface area (Å²) in [5, 5.41) is 0. The minimum atomic E-state index is -1.88. The van der Waals surface area contributed by atoms with Crippen LogP contribution in [0.3, 0.4) is 0 Å². The van der Waals surface area contributed by atoms with Crippen LogP contribution in [0.15, 0.2) is 0 Å². The van der Waals surface area contributed by atoms with Gasteiger partial charge >= 0.3 is 0 Å². The summed E-state index contributed by atoms with van der Waals surface area (Å²) < 4.78 is 0.